The number of anilines is 1. The number of fused-ring (bicyclic) bond motifs is 1. The van der Waals surface area contributed by atoms with E-state index in [1.807, 2.05) is 30.3 Å². The van der Waals surface area contributed by atoms with Crippen molar-refractivity contribution >= 4 is 34.1 Å². The Morgan fingerprint density at radius 2 is 1.94 bits per heavy atom. The van der Waals surface area contributed by atoms with Crippen molar-refractivity contribution < 1.29 is 9.90 Å². The number of hydrogen-bond donors (Lipinski definition) is 3. The summed E-state index contributed by atoms with van der Waals surface area (Å²) in [6, 6.07) is 15.8. The van der Waals surface area contributed by atoms with Crippen LogP contribution in [0.2, 0.25) is 5.02 Å². The average Bonchev–Trinajstić information content (AvgIpc) is 3.24. The van der Waals surface area contributed by atoms with Crippen LogP contribution in [0, 0.1) is 0 Å². The fraction of sp³-hybridized carbons (Fsp3) is 0.375. The molecule has 0 saturated carbocycles. The number of nitrogens with one attached hydrogen (secondary N) is 2. The number of aliphatic hydroxyl groups is 1. The number of halogens is 1. The molecule has 1 unspecified atom stereocenters. The Bertz CT molecular complexity index is 1010. The number of nitrogens with zero attached hydrogens (tertiary/aromatic N) is 2. The van der Waals surface area contributed by atoms with Crippen molar-refractivity contribution in [3.63, 3.8) is 0 Å². The quantitative estimate of drug-likeness (QED) is 0.524. The van der Waals surface area contributed by atoms with E-state index in [9.17, 15) is 9.90 Å². The lowest BCUT2D eigenvalue weighted by Crippen LogP contribution is -2.51. The molecule has 7 heteroatoms. The highest BCUT2D eigenvalue weighted by Crippen LogP contribution is 2.30. The van der Waals surface area contributed by atoms with Gasteiger partial charge in [-0.15, -0.1) is 0 Å². The number of piperazine rings is 1. The molecule has 0 radical (unpaired) electrons. The van der Waals surface area contributed by atoms with Crippen LogP contribution in [0.3, 0.4) is 0 Å². The summed E-state index contributed by atoms with van der Waals surface area (Å²) in [7, 11) is 0. The molecule has 1 fully saturated rings. The molecule has 1 aliphatic rings. The number of hydrogen-bond acceptors (Lipinski definition) is 4. The van der Waals surface area contributed by atoms with Gasteiger partial charge in [-0.2, -0.15) is 0 Å². The zero-order chi connectivity index (χ0) is 21.8. The SMILES string of the molecule is CCc1cccc(N2CCN(C(O)CCNC(=O)c3cc4ccccc4[nH]3)CC2)c1Cl. The molecule has 3 N–H and O–H groups in total. The van der Waals surface area contributed by atoms with Crippen LogP contribution in [0.15, 0.2) is 48.5 Å². The van der Waals surface area contributed by atoms with Crippen molar-refractivity contribution in [1.82, 2.24) is 15.2 Å². The van der Waals surface area contributed by atoms with Gasteiger partial charge in [0.25, 0.3) is 5.91 Å². The molecule has 0 spiro atoms. The van der Waals surface area contributed by atoms with Gasteiger partial charge in [-0.3, -0.25) is 9.69 Å². The number of aromatic amines is 1. The number of aromatic nitrogens is 1. The van der Waals surface area contributed by atoms with Crippen LogP contribution in [-0.2, 0) is 6.42 Å². The summed E-state index contributed by atoms with van der Waals surface area (Å²) in [6.45, 7) is 5.65. The minimum atomic E-state index is -0.581. The van der Waals surface area contributed by atoms with E-state index in [4.69, 9.17) is 11.6 Å². The summed E-state index contributed by atoms with van der Waals surface area (Å²) in [6.07, 6.45) is 0.816. The lowest BCUT2D eigenvalue weighted by molar-refractivity contribution is -0.00479. The van der Waals surface area contributed by atoms with E-state index in [-0.39, 0.29) is 5.91 Å². The summed E-state index contributed by atoms with van der Waals surface area (Å²) in [4.78, 5) is 19.9. The zero-order valence-electron chi connectivity index (χ0n) is 17.8. The van der Waals surface area contributed by atoms with Crippen LogP contribution in [0.5, 0.6) is 0 Å². The van der Waals surface area contributed by atoms with Crippen molar-refractivity contribution in [3.05, 3.63) is 64.8 Å². The third-order valence-corrected chi connectivity index (χ3v) is 6.41. The van der Waals surface area contributed by atoms with Crippen LogP contribution in [0.4, 0.5) is 5.69 Å². The first-order chi connectivity index (χ1) is 15.1. The maximum atomic E-state index is 12.4. The van der Waals surface area contributed by atoms with Gasteiger partial charge in [0.15, 0.2) is 0 Å². The zero-order valence-corrected chi connectivity index (χ0v) is 18.5. The van der Waals surface area contributed by atoms with E-state index in [0.717, 1.165) is 59.8 Å². The van der Waals surface area contributed by atoms with Gasteiger partial charge in [-0.05, 0) is 30.2 Å². The fourth-order valence-corrected chi connectivity index (χ4v) is 4.51. The number of aryl methyl sites for hydroxylation is 1. The third-order valence-electron chi connectivity index (χ3n) is 5.98. The van der Waals surface area contributed by atoms with Gasteiger partial charge in [-0.25, -0.2) is 0 Å². The van der Waals surface area contributed by atoms with Gasteiger partial charge in [0, 0.05) is 50.0 Å². The topological polar surface area (TPSA) is 71.6 Å². The van der Waals surface area contributed by atoms with Gasteiger partial charge in [0.2, 0.25) is 0 Å². The van der Waals surface area contributed by atoms with E-state index < -0.39 is 6.23 Å². The summed E-state index contributed by atoms with van der Waals surface area (Å²) in [5.74, 6) is -0.154. The molecular weight excluding hydrogens is 412 g/mol. The highest BCUT2D eigenvalue weighted by molar-refractivity contribution is 6.34. The van der Waals surface area contributed by atoms with E-state index in [0.29, 0.717) is 18.7 Å². The van der Waals surface area contributed by atoms with Gasteiger partial charge in [0.1, 0.15) is 11.9 Å². The smallest absolute Gasteiger partial charge is 0.267 e. The number of amides is 1. The number of carbonyl (C=O) groups excluding carboxylic acids is 1. The predicted octanol–water partition coefficient (Wildman–Crippen LogP) is 3.64. The Hall–Kier alpha value is -2.54. The first kappa shape index (κ1) is 21.7. The van der Waals surface area contributed by atoms with E-state index in [2.05, 4.69) is 45.2 Å². The summed E-state index contributed by atoms with van der Waals surface area (Å²) >= 11 is 6.57. The number of aliphatic hydroxyl groups excluding tert-OH is 1. The Labute approximate surface area is 187 Å². The molecule has 1 atom stereocenters. The second-order valence-electron chi connectivity index (χ2n) is 7.92. The minimum absolute atomic E-state index is 0.154. The summed E-state index contributed by atoms with van der Waals surface area (Å²) in [5, 5.41) is 15.3. The van der Waals surface area contributed by atoms with Crippen molar-refractivity contribution in [3.8, 4) is 0 Å². The van der Waals surface area contributed by atoms with Gasteiger partial charge in [-0.1, -0.05) is 48.9 Å². The predicted molar refractivity (Wildman–Crippen MR) is 126 cm³/mol. The highest BCUT2D eigenvalue weighted by atomic mass is 35.5. The van der Waals surface area contributed by atoms with Crippen molar-refractivity contribution in [2.75, 3.05) is 37.6 Å². The molecule has 1 saturated heterocycles. The molecule has 1 amide bonds. The molecule has 0 aliphatic carbocycles. The average molecular weight is 441 g/mol. The number of para-hydroxylation sites is 1. The molecule has 1 aromatic heterocycles. The Balaban J connectivity index is 1.25. The molecule has 3 aromatic rings. The van der Waals surface area contributed by atoms with Crippen LogP contribution in [-0.4, -0.2) is 59.8 Å². The number of H-pyrrole nitrogens is 1. The molecule has 2 heterocycles. The largest absolute Gasteiger partial charge is 0.378 e. The Morgan fingerprint density at radius 3 is 2.68 bits per heavy atom. The molecule has 164 valence electrons. The molecule has 1 aliphatic heterocycles. The maximum Gasteiger partial charge on any atom is 0.267 e. The van der Waals surface area contributed by atoms with E-state index in [1.165, 1.54) is 0 Å². The number of benzene rings is 2. The second kappa shape index (κ2) is 9.73. The molecular formula is C24H29ClN4O2. The Kier molecular flexibility index (Phi) is 6.80. The van der Waals surface area contributed by atoms with Gasteiger partial charge in [0.05, 0.1) is 10.7 Å². The minimum Gasteiger partial charge on any atom is -0.378 e. The van der Waals surface area contributed by atoms with Crippen molar-refractivity contribution in [2.24, 2.45) is 0 Å². The first-order valence-electron chi connectivity index (χ1n) is 10.9. The van der Waals surface area contributed by atoms with Crippen LogP contribution in [0.25, 0.3) is 10.9 Å². The molecule has 6 nitrogen and oxygen atoms in total. The second-order valence-corrected chi connectivity index (χ2v) is 8.30. The lowest BCUT2D eigenvalue weighted by Gasteiger charge is -2.38. The fourth-order valence-electron chi connectivity index (χ4n) is 4.13. The van der Waals surface area contributed by atoms with Crippen molar-refractivity contribution in [2.45, 2.75) is 26.0 Å². The van der Waals surface area contributed by atoms with Crippen LogP contribution < -0.4 is 10.2 Å². The lowest BCUT2D eigenvalue weighted by atomic mass is 10.1. The first-order valence-corrected chi connectivity index (χ1v) is 11.2. The third kappa shape index (κ3) is 4.87. The van der Waals surface area contributed by atoms with Gasteiger partial charge >= 0.3 is 0 Å². The monoisotopic (exact) mass is 440 g/mol. The molecule has 31 heavy (non-hydrogen) atoms. The Morgan fingerprint density at radius 1 is 1.16 bits per heavy atom. The molecule has 0 bridgehead atoms. The number of carbonyl (C=O) groups is 1. The standard InChI is InChI=1S/C24H29ClN4O2/c1-2-17-7-5-9-21(23(17)25)28-12-14-29(15-13-28)22(30)10-11-26-24(31)20-16-18-6-3-4-8-19(18)27-20/h3-9,16,22,27,30H,2,10-15H2,1H3,(H,26,31). The van der Waals surface area contributed by atoms with Crippen LogP contribution >= 0.6 is 11.6 Å². The highest BCUT2D eigenvalue weighted by Gasteiger charge is 2.24. The van der Waals surface area contributed by atoms with Crippen LogP contribution in [0.1, 0.15) is 29.4 Å². The molecule has 4 rings (SSSR count). The summed E-state index contributed by atoms with van der Waals surface area (Å²) < 4.78 is 0. The number of rotatable bonds is 7. The van der Waals surface area contributed by atoms with Gasteiger partial charge < -0.3 is 20.3 Å². The summed E-state index contributed by atoms with van der Waals surface area (Å²) in [5.41, 5.74) is 3.71. The maximum absolute atomic E-state index is 12.4. The van der Waals surface area contributed by atoms with E-state index in [1.54, 1.807) is 0 Å². The normalized spacial score (nSPS) is 15.9. The van der Waals surface area contributed by atoms with Crippen molar-refractivity contribution in [1.29, 1.82) is 0 Å². The molecule has 2 aromatic carbocycles. The van der Waals surface area contributed by atoms with E-state index >= 15 is 0 Å².